The summed E-state index contributed by atoms with van der Waals surface area (Å²) in [6, 6.07) is 8.54. The summed E-state index contributed by atoms with van der Waals surface area (Å²) in [6.45, 7) is 1.99. The van der Waals surface area contributed by atoms with E-state index in [0.29, 0.717) is 0 Å². The minimum atomic E-state index is -1.12. The second kappa shape index (κ2) is 3.98. The first-order chi connectivity index (χ1) is 7.58. The summed E-state index contributed by atoms with van der Waals surface area (Å²) in [5.41, 5.74) is 0.747. The number of rotatable bonds is 2. The van der Waals surface area contributed by atoms with E-state index in [1.54, 1.807) is 17.4 Å². The molecule has 16 heavy (non-hydrogen) atoms. The highest BCUT2D eigenvalue weighted by atomic mass is 32.1. The molecule has 2 aromatic rings. The van der Waals surface area contributed by atoms with Gasteiger partial charge in [-0.25, -0.2) is 4.79 Å². The molecule has 0 aliphatic rings. The number of phenols is 1. The lowest BCUT2D eigenvalue weighted by Gasteiger charge is -2.02. The van der Waals surface area contributed by atoms with Crippen LogP contribution in [0.15, 0.2) is 30.3 Å². The highest BCUT2D eigenvalue weighted by molar-refractivity contribution is 7.15. The average molecular weight is 234 g/mol. The van der Waals surface area contributed by atoms with Gasteiger partial charge < -0.3 is 10.2 Å². The molecule has 0 aliphatic heterocycles. The van der Waals surface area contributed by atoms with Crippen molar-refractivity contribution in [2.75, 3.05) is 0 Å². The summed E-state index contributed by atoms with van der Waals surface area (Å²) in [4.78, 5) is 13.0. The monoisotopic (exact) mass is 234 g/mol. The predicted molar refractivity (Wildman–Crippen MR) is 63.1 cm³/mol. The Hall–Kier alpha value is -1.81. The minimum Gasteiger partial charge on any atom is -0.507 e. The van der Waals surface area contributed by atoms with Gasteiger partial charge in [0.25, 0.3) is 0 Å². The fourth-order valence-corrected chi connectivity index (χ4v) is 2.31. The van der Waals surface area contributed by atoms with Crippen LogP contribution in [-0.2, 0) is 0 Å². The Balaban J connectivity index is 2.51. The molecule has 0 amide bonds. The maximum absolute atomic E-state index is 10.9. The predicted octanol–water partition coefficient (Wildman–Crippen LogP) is 3.13. The Morgan fingerprint density at radius 3 is 2.56 bits per heavy atom. The van der Waals surface area contributed by atoms with E-state index >= 15 is 0 Å². The standard InChI is InChI=1S/C12H10O3S/c1-7-2-5-11(16-7)8-3-4-10(13)9(6-8)12(14)15/h2-6,13H,1H3,(H,14,15). The van der Waals surface area contributed by atoms with Gasteiger partial charge in [-0.3, -0.25) is 0 Å². The van der Waals surface area contributed by atoms with Gasteiger partial charge in [0.15, 0.2) is 0 Å². The van der Waals surface area contributed by atoms with E-state index in [0.717, 1.165) is 10.4 Å². The van der Waals surface area contributed by atoms with Crippen LogP contribution in [-0.4, -0.2) is 16.2 Å². The number of aromatic carboxylic acids is 1. The van der Waals surface area contributed by atoms with Crippen molar-refractivity contribution in [1.82, 2.24) is 0 Å². The van der Waals surface area contributed by atoms with Crippen LogP contribution in [0.4, 0.5) is 0 Å². The van der Waals surface area contributed by atoms with Crippen LogP contribution in [0.1, 0.15) is 15.2 Å². The van der Waals surface area contributed by atoms with Gasteiger partial charge in [-0.2, -0.15) is 0 Å². The van der Waals surface area contributed by atoms with Crippen LogP contribution in [0.2, 0.25) is 0 Å². The van der Waals surface area contributed by atoms with Gasteiger partial charge >= 0.3 is 5.97 Å². The van der Waals surface area contributed by atoms with E-state index in [2.05, 4.69) is 0 Å². The molecule has 1 aromatic heterocycles. The van der Waals surface area contributed by atoms with Crippen LogP contribution in [0.5, 0.6) is 5.75 Å². The summed E-state index contributed by atoms with van der Waals surface area (Å²) in [6.07, 6.45) is 0. The Kier molecular flexibility index (Phi) is 2.66. The molecule has 0 fully saturated rings. The van der Waals surface area contributed by atoms with Crippen molar-refractivity contribution in [3.05, 3.63) is 40.8 Å². The van der Waals surface area contributed by atoms with Gasteiger partial charge in [0.2, 0.25) is 0 Å². The zero-order valence-electron chi connectivity index (χ0n) is 8.60. The van der Waals surface area contributed by atoms with Gasteiger partial charge in [0, 0.05) is 9.75 Å². The van der Waals surface area contributed by atoms with Gasteiger partial charge in [-0.15, -0.1) is 11.3 Å². The summed E-state index contributed by atoms with van der Waals surface area (Å²) in [7, 11) is 0. The van der Waals surface area contributed by atoms with Crippen molar-refractivity contribution in [1.29, 1.82) is 0 Å². The molecule has 0 saturated carbocycles. The molecule has 1 aromatic carbocycles. The molecular weight excluding hydrogens is 224 g/mol. The molecule has 0 bridgehead atoms. The quantitative estimate of drug-likeness (QED) is 0.839. The molecule has 0 atom stereocenters. The van der Waals surface area contributed by atoms with Crippen LogP contribution >= 0.6 is 11.3 Å². The smallest absolute Gasteiger partial charge is 0.339 e. The zero-order chi connectivity index (χ0) is 11.7. The third-order valence-corrected chi connectivity index (χ3v) is 3.30. The lowest BCUT2D eigenvalue weighted by Crippen LogP contribution is -1.96. The van der Waals surface area contributed by atoms with Gasteiger partial charge in [-0.1, -0.05) is 0 Å². The molecule has 4 heteroatoms. The zero-order valence-corrected chi connectivity index (χ0v) is 9.41. The molecule has 2 rings (SSSR count). The first-order valence-electron chi connectivity index (χ1n) is 4.71. The first-order valence-corrected chi connectivity index (χ1v) is 5.52. The van der Waals surface area contributed by atoms with Crippen LogP contribution < -0.4 is 0 Å². The maximum atomic E-state index is 10.9. The number of hydrogen-bond acceptors (Lipinski definition) is 3. The third-order valence-electron chi connectivity index (χ3n) is 2.25. The number of carboxylic acids is 1. The number of hydrogen-bond donors (Lipinski definition) is 2. The second-order valence-corrected chi connectivity index (χ2v) is 4.74. The van der Waals surface area contributed by atoms with Crippen molar-refractivity contribution in [3.63, 3.8) is 0 Å². The van der Waals surface area contributed by atoms with E-state index < -0.39 is 5.97 Å². The summed E-state index contributed by atoms with van der Waals surface area (Å²) >= 11 is 1.59. The molecule has 82 valence electrons. The maximum Gasteiger partial charge on any atom is 0.339 e. The normalized spacial score (nSPS) is 10.3. The van der Waals surface area contributed by atoms with E-state index in [-0.39, 0.29) is 11.3 Å². The van der Waals surface area contributed by atoms with Gasteiger partial charge in [-0.05, 0) is 42.8 Å². The number of aryl methyl sites for hydroxylation is 1. The van der Waals surface area contributed by atoms with Crippen molar-refractivity contribution in [2.24, 2.45) is 0 Å². The summed E-state index contributed by atoms with van der Waals surface area (Å²) < 4.78 is 0. The molecule has 2 N–H and O–H groups in total. The number of thiophene rings is 1. The molecular formula is C12H10O3S. The summed E-state index contributed by atoms with van der Waals surface area (Å²) in [5.74, 6) is -1.32. The molecule has 0 aliphatic carbocycles. The van der Waals surface area contributed by atoms with Crippen molar-refractivity contribution >= 4 is 17.3 Å². The number of carbonyl (C=O) groups is 1. The van der Waals surface area contributed by atoms with E-state index in [1.165, 1.54) is 17.0 Å². The van der Waals surface area contributed by atoms with Crippen LogP contribution in [0.25, 0.3) is 10.4 Å². The minimum absolute atomic E-state index is 0.0662. The lowest BCUT2D eigenvalue weighted by atomic mass is 10.1. The first kappa shape index (κ1) is 10.7. The highest BCUT2D eigenvalue weighted by Crippen LogP contribution is 2.30. The average Bonchev–Trinajstić information content (AvgIpc) is 2.65. The van der Waals surface area contributed by atoms with Crippen LogP contribution in [0, 0.1) is 6.92 Å². The number of benzene rings is 1. The van der Waals surface area contributed by atoms with Crippen molar-refractivity contribution in [2.45, 2.75) is 6.92 Å². The highest BCUT2D eigenvalue weighted by Gasteiger charge is 2.11. The number of aromatic hydroxyl groups is 1. The molecule has 0 unspecified atom stereocenters. The second-order valence-electron chi connectivity index (χ2n) is 3.45. The molecule has 0 saturated heterocycles. The Bertz CT molecular complexity index is 543. The SMILES string of the molecule is Cc1ccc(-c2ccc(O)c(C(=O)O)c2)s1. The molecule has 0 spiro atoms. The van der Waals surface area contributed by atoms with Gasteiger partial charge in [0.05, 0.1) is 0 Å². The molecule has 3 nitrogen and oxygen atoms in total. The fourth-order valence-electron chi connectivity index (χ4n) is 1.45. The summed E-state index contributed by atoms with van der Waals surface area (Å²) in [5, 5.41) is 18.3. The van der Waals surface area contributed by atoms with E-state index in [1.807, 2.05) is 19.1 Å². The van der Waals surface area contributed by atoms with Crippen molar-refractivity contribution < 1.29 is 15.0 Å². The van der Waals surface area contributed by atoms with E-state index in [4.69, 9.17) is 5.11 Å². The fraction of sp³-hybridized carbons (Fsp3) is 0.0833. The molecule has 1 heterocycles. The largest absolute Gasteiger partial charge is 0.507 e. The van der Waals surface area contributed by atoms with Gasteiger partial charge in [0.1, 0.15) is 11.3 Å². The third kappa shape index (κ3) is 1.92. The number of carboxylic acid groups (broad SMARTS) is 1. The molecule has 0 radical (unpaired) electrons. The Morgan fingerprint density at radius 2 is 2.00 bits per heavy atom. The lowest BCUT2D eigenvalue weighted by molar-refractivity contribution is 0.0694. The van der Waals surface area contributed by atoms with Crippen molar-refractivity contribution in [3.8, 4) is 16.2 Å². The van der Waals surface area contributed by atoms with Crippen LogP contribution in [0.3, 0.4) is 0 Å². The Labute approximate surface area is 96.6 Å². The Morgan fingerprint density at radius 1 is 1.25 bits per heavy atom. The topological polar surface area (TPSA) is 57.5 Å². The van der Waals surface area contributed by atoms with E-state index in [9.17, 15) is 9.90 Å².